The molecule has 1 aliphatic rings. The van der Waals surface area contributed by atoms with Crippen molar-refractivity contribution >= 4 is 22.9 Å². The van der Waals surface area contributed by atoms with Gasteiger partial charge in [0.2, 0.25) is 5.95 Å². The summed E-state index contributed by atoms with van der Waals surface area (Å²) in [6, 6.07) is 0.485. The van der Waals surface area contributed by atoms with Gasteiger partial charge in [0.25, 0.3) is 0 Å². The van der Waals surface area contributed by atoms with Crippen molar-refractivity contribution in [3.8, 4) is 0 Å². The first-order valence-corrected chi connectivity index (χ1v) is 7.10. The summed E-state index contributed by atoms with van der Waals surface area (Å²) in [7, 11) is 2.08. The van der Waals surface area contributed by atoms with E-state index in [1.807, 2.05) is 0 Å². The van der Waals surface area contributed by atoms with Gasteiger partial charge in [-0.25, -0.2) is 4.98 Å². The maximum atomic E-state index is 5.78. The molecule has 1 aliphatic heterocycles. The Hall–Kier alpha value is -1.89. The fraction of sp³-hybridized carbons (Fsp3) is 0.615. The van der Waals surface area contributed by atoms with Crippen LogP contribution in [0.4, 0.5) is 11.8 Å². The number of hydrogen-bond acceptors (Lipinski definition) is 6. The van der Waals surface area contributed by atoms with Gasteiger partial charge in [0, 0.05) is 26.2 Å². The number of anilines is 2. The SMILES string of the molecule is CCN1CCC(N(C)c2nc(N)nc3nc[nH]c23)CC1. The molecule has 0 aliphatic carbocycles. The predicted octanol–water partition coefficient (Wildman–Crippen LogP) is 0.856. The van der Waals surface area contributed by atoms with E-state index in [1.54, 1.807) is 6.33 Å². The maximum absolute atomic E-state index is 5.78. The lowest BCUT2D eigenvalue weighted by Crippen LogP contribution is -2.43. The molecular weight excluding hydrogens is 254 g/mol. The Morgan fingerprint density at radius 2 is 2.15 bits per heavy atom. The van der Waals surface area contributed by atoms with E-state index < -0.39 is 0 Å². The van der Waals surface area contributed by atoms with Crippen molar-refractivity contribution in [2.45, 2.75) is 25.8 Å². The molecule has 7 heteroatoms. The molecule has 3 rings (SSSR count). The van der Waals surface area contributed by atoms with Crippen LogP contribution in [-0.2, 0) is 0 Å². The molecule has 0 bridgehead atoms. The van der Waals surface area contributed by atoms with Crippen molar-refractivity contribution in [1.29, 1.82) is 0 Å². The lowest BCUT2D eigenvalue weighted by Gasteiger charge is -2.36. The van der Waals surface area contributed by atoms with Crippen LogP contribution in [0, 0.1) is 0 Å². The highest BCUT2D eigenvalue weighted by molar-refractivity contribution is 5.84. The van der Waals surface area contributed by atoms with Crippen LogP contribution in [-0.4, -0.2) is 57.6 Å². The molecule has 108 valence electrons. The van der Waals surface area contributed by atoms with Crippen molar-refractivity contribution < 1.29 is 0 Å². The smallest absolute Gasteiger partial charge is 0.224 e. The van der Waals surface area contributed by atoms with E-state index in [0.29, 0.717) is 11.7 Å². The lowest BCUT2D eigenvalue weighted by molar-refractivity contribution is 0.220. The van der Waals surface area contributed by atoms with Crippen molar-refractivity contribution in [1.82, 2.24) is 24.8 Å². The van der Waals surface area contributed by atoms with Gasteiger partial charge in [-0.05, 0) is 19.4 Å². The van der Waals surface area contributed by atoms with E-state index in [4.69, 9.17) is 5.73 Å². The molecule has 0 aromatic carbocycles. The van der Waals surface area contributed by atoms with Gasteiger partial charge in [0.1, 0.15) is 5.52 Å². The number of likely N-dealkylation sites (tertiary alicyclic amines) is 1. The van der Waals surface area contributed by atoms with Gasteiger partial charge in [-0.3, -0.25) is 0 Å². The highest BCUT2D eigenvalue weighted by Gasteiger charge is 2.24. The number of imidazole rings is 1. The topological polar surface area (TPSA) is 87.0 Å². The number of H-pyrrole nitrogens is 1. The molecule has 1 fully saturated rings. The summed E-state index contributed by atoms with van der Waals surface area (Å²) < 4.78 is 0. The number of rotatable bonds is 3. The Bertz CT molecular complexity index is 585. The molecule has 0 spiro atoms. The Kier molecular flexibility index (Phi) is 3.43. The third kappa shape index (κ3) is 2.29. The zero-order valence-electron chi connectivity index (χ0n) is 12.0. The molecule has 0 radical (unpaired) electrons. The third-order valence-electron chi connectivity index (χ3n) is 4.17. The van der Waals surface area contributed by atoms with Gasteiger partial charge in [-0.2, -0.15) is 9.97 Å². The number of nitrogens with zero attached hydrogens (tertiary/aromatic N) is 5. The number of nitrogen functional groups attached to an aromatic ring is 1. The van der Waals surface area contributed by atoms with E-state index >= 15 is 0 Å². The van der Waals surface area contributed by atoms with Gasteiger partial charge in [0.05, 0.1) is 6.33 Å². The van der Waals surface area contributed by atoms with Gasteiger partial charge in [0.15, 0.2) is 11.5 Å². The third-order valence-corrected chi connectivity index (χ3v) is 4.17. The van der Waals surface area contributed by atoms with Crippen molar-refractivity contribution in [2.24, 2.45) is 0 Å². The second-order valence-corrected chi connectivity index (χ2v) is 5.28. The molecule has 0 unspecified atom stereocenters. The fourth-order valence-corrected chi connectivity index (χ4v) is 2.89. The number of nitrogens with one attached hydrogen (secondary N) is 1. The first kappa shape index (κ1) is 13.1. The number of hydrogen-bond donors (Lipinski definition) is 2. The van der Waals surface area contributed by atoms with Crippen LogP contribution in [0.2, 0.25) is 0 Å². The predicted molar refractivity (Wildman–Crippen MR) is 79.6 cm³/mol. The van der Waals surface area contributed by atoms with Crippen LogP contribution in [0.3, 0.4) is 0 Å². The van der Waals surface area contributed by atoms with E-state index in [2.05, 4.69) is 43.7 Å². The molecule has 3 N–H and O–H groups in total. The summed E-state index contributed by atoms with van der Waals surface area (Å²) in [5.41, 5.74) is 7.27. The van der Waals surface area contributed by atoms with Crippen molar-refractivity contribution in [3.63, 3.8) is 0 Å². The Morgan fingerprint density at radius 1 is 1.40 bits per heavy atom. The maximum Gasteiger partial charge on any atom is 0.224 e. The number of nitrogens with two attached hydrogens (primary N) is 1. The minimum absolute atomic E-state index is 0.275. The second-order valence-electron chi connectivity index (χ2n) is 5.28. The number of fused-ring (bicyclic) bond motifs is 1. The monoisotopic (exact) mass is 275 g/mol. The molecule has 2 aromatic rings. The largest absolute Gasteiger partial charge is 0.368 e. The first-order valence-electron chi connectivity index (χ1n) is 7.10. The molecule has 0 amide bonds. The average Bonchev–Trinajstić information content (AvgIpc) is 2.94. The zero-order valence-corrected chi connectivity index (χ0v) is 12.0. The summed E-state index contributed by atoms with van der Waals surface area (Å²) in [4.78, 5) is 20.5. The van der Waals surface area contributed by atoms with Crippen LogP contribution in [0.1, 0.15) is 19.8 Å². The minimum Gasteiger partial charge on any atom is -0.368 e. The van der Waals surface area contributed by atoms with Crippen LogP contribution in [0.15, 0.2) is 6.33 Å². The van der Waals surface area contributed by atoms with Crippen LogP contribution >= 0.6 is 0 Å². The lowest BCUT2D eigenvalue weighted by atomic mass is 10.0. The Morgan fingerprint density at radius 3 is 2.85 bits per heavy atom. The van der Waals surface area contributed by atoms with Crippen LogP contribution < -0.4 is 10.6 Å². The molecular formula is C13H21N7. The van der Waals surface area contributed by atoms with Crippen LogP contribution in [0.25, 0.3) is 11.2 Å². The molecule has 7 nitrogen and oxygen atoms in total. The van der Waals surface area contributed by atoms with Gasteiger partial charge >= 0.3 is 0 Å². The molecule has 2 aromatic heterocycles. The summed E-state index contributed by atoms with van der Waals surface area (Å²) in [5.74, 6) is 1.12. The number of aromatic nitrogens is 4. The van der Waals surface area contributed by atoms with Crippen LogP contribution in [0.5, 0.6) is 0 Å². The van der Waals surface area contributed by atoms with Crippen molar-refractivity contribution in [3.05, 3.63) is 6.33 Å². The van der Waals surface area contributed by atoms with Gasteiger partial charge in [-0.15, -0.1) is 0 Å². The molecule has 20 heavy (non-hydrogen) atoms. The number of piperidine rings is 1. The molecule has 3 heterocycles. The summed E-state index contributed by atoms with van der Waals surface area (Å²) >= 11 is 0. The summed E-state index contributed by atoms with van der Waals surface area (Å²) in [6.45, 7) is 5.61. The highest BCUT2D eigenvalue weighted by atomic mass is 15.3. The molecule has 0 saturated carbocycles. The fourth-order valence-electron chi connectivity index (χ4n) is 2.89. The Labute approximate surface area is 118 Å². The number of aromatic amines is 1. The quantitative estimate of drug-likeness (QED) is 0.863. The minimum atomic E-state index is 0.275. The van der Waals surface area contributed by atoms with E-state index in [1.165, 1.54) is 0 Å². The Balaban J connectivity index is 1.85. The zero-order chi connectivity index (χ0) is 14.1. The summed E-state index contributed by atoms with van der Waals surface area (Å²) in [5, 5.41) is 0. The summed E-state index contributed by atoms with van der Waals surface area (Å²) in [6.07, 6.45) is 3.92. The van der Waals surface area contributed by atoms with E-state index in [9.17, 15) is 0 Å². The molecule has 0 atom stereocenters. The van der Waals surface area contributed by atoms with Gasteiger partial charge in [-0.1, -0.05) is 6.92 Å². The average molecular weight is 275 g/mol. The van der Waals surface area contributed by atoms with Gasteiger partial charge < -0.3 is 20.5 Å². The van der Waals surface area contributed by atoms with E-state index in [-0.39, 0.29) is 5.95 Å². The normalized spacial score (nSPS) is 17.7. The second kappa shape index (κ2) is 5.24. The first-order chi connectivity index (χ1) is 9.69. The standard InChI is InChI=1S/C13H21N7/c1-3-20-6-4-9(5-7-20)19(2)12-10-11(16-8-15-10)17-13(14)18-12/h8-9H,3-7H2,1-2H3,(H3,14,15,16,17,18). The van der Waals surface area contributed by atoms with E-state index in [0.717, 1.165) is 43.8 Å². The van der Waals surface area contributed by atoms with Crippen molar-refractivity contribution in [2.75, 3.05) is 37.3 Å². The molecule has 1 saturated heterocycles. The highest BCUT2D eigenvalue weighted by Crippen LogP contribution is 2.25.